The highest BCUT2D eigenvalue weighted by Crippen LogP contribution is 2.22. The van der Waals surface area contributed by atoms with Crippen LogP contribution in [0.3, 0.4) is 0 Å². The predicted molar refractivity (Wildman–Crippen MR) is 70.2 cm³/mol. The van der Waals surface area contributed by atoms with Gasteiger partial charge in [-0.25, -0.2) is 0 Å². The van der Waals surface area contributed by atoms with E-state index in [0.717, 1.165) is 12.2 Å². The molecule has 17 heavy (non-hydrogen) atoms. The van der Waals surface area contributed by atoms with Crippen LogP contribution in [-0.2, 0) is 0 Å². The molecule has 1 aliphatic rings. The third-order valence-electron chi connectivity index (χ3n) is 3.65. The third-order valence-corrected chi connectivity index (χ3v) is 3.65. The Morgan fingerprint density at radius 3 is 2.53 bits per heavy atom. The van der Waals surface area contributed by atoms with Crippen LogP contribution in [0.2, 0.25) is 0 Å². The van der Waals surface area contributed by atoms with Crippen LogP contribution in [0.15, 0.2) is 24.3 Å². The van der Waals surface area contributed by atoms with Crippen LogP contribution in [0.25, 0.3) is 0 Å². The molecule has 3 N–H and O–H groups in total. The van der Waals surface area contributed by atoms with E-state index in [0.29, 0.717) is 18.1 Å². The highest BCUT2D eigenvalue weighted by Gasteiger charge is 2.25. The largest absolute Gasteiger partial charge is 0.497 e. The van der Waals surface area contributed by atoms with Gasteiger partial charge in [-0.3, -0.25) is 0 Å². The number of benzene rings is 1. The van der Waals surface area contributed by atoms with E-state index in [1.165, 1.54) is 18.4 Å². The van der Waals surface area contributed by atoms with Gasteiger partial charge in [-0.05, 0) is 37.5 Å². The summed E-state index contributed by atoms with van der Waals surface area (Å²) in [6.45, 7) is 2.19. The molecule has 1 aliphatic carbocycles. The van der Waals surface area contributed by atoms with Gasteiger partial charge in [0.25, 0.3) is 0 Å². The molecule has 0 radical (unpaired) electrons. The Morgan fingerprint density at radius 2 is 2.00 bits per heavy atom. The summed E-state index contributed by atoms with van der Waals surface area (Å²) in [4.78, 5) is 0. The van der Waals surface area contributed by atoms with Gasteiger partial charge in [0, 0.05) is 18.1 Å². The minimum atomic E-state index is 0.315. The van der Waals surface area contributed by atoms with E-state index in [-0.39, 0.29) is 0 Å². The molecule has 3 nitrogen and oxygen atoms in total. The fraction of sp³-hybridized carbons (Fsp3) is 0.571. The Morgan fingerprint density at radius 1 is 1.29 bits per heavy atom. The van der Waals surface area contributed by atoms with Crippen molar-refractivity contribution >= 4 is 0 Å². The molecule has 0 unspecified atom stereocenters. The molecule has 0 amide bonds. The summed E-state index contributed by atoms with van der Waals surface area (Å²) in [7, 11) is 1.69. The molecular weight excluding hydrogens is 212 g/mol. The fourth-order valence-electron chi connectivity index (χ4n) is 2.51. The Balaban J connectivity index is 1.96. The predicted octanol–water partition coefficient (Wildman–Crippen LogP) is 2.23. The Labute approximate surface area is 103 Å². The summed E-state index contributed by atoms with van der Waals surface area (Å²) in [6.07, 6.45) is 3.59. The van der Waals surface area contributed by atoms with Crippen molar-refractivity contribution < 1.29 is 4.74 Å². The number of nitrogens with two attached hydrogens (primary N) is 1. The van der Waals surface area contributed by atoms with E-state index < -0.39 is 0 Å². The van der Waals surface area contributed by atoms with Gasteiger partial charge in [0.1, 0.15) is 5.75 Å². The second-order valence-electron chi connectivity index (χ2n) is 4.86. The number of ether oxygens (including phenoxy) is 1. The molecule has 0 aromatic heterocycles. The first kappa shape index (κ1) is 12.4. The molecule has 94 valence electrons. The topological polar surface area (TPSA) is 47.3 Å². The standard InChI is InChI=1S/C14H22N2O/c1-10(16-14-5-3-4-13(14)15)11-6-8-12(17-2)9-7-11/h6-10,13-14,16H,3-5,15H2,1-2H3/t10-,13+,14-/m0/s1. The lowest BCUT2D eigenvalue weighted by Gasteiger charge is -2.23. The van der Waals surface area contributed by atoms with Crippen LogP contribution in [0.5, 0.6) is 5.75 Å². The van der Waals surface area contributed by atoms with E-state index in [4.69, 9.17) is 10.5 Å². The van der Waals surface area contributed by atoms with Crippen LogP contribution in [0.1, 0.15) is 37.8 Å². The second kappa shape index (κ2) is 5.52. The molecule has 0 saturated heterocycles. The second-order valence-corrected chi connectivity index (χ2v) is 4.86. The number of hydrogen-bond donors (Lipinski definition) is 2. The van der Waals surface area contributed by atoms with Gasteiger partial charge in [0.15, 0.2) is 0 Å². The molecule has 0 aliphatic heterocycles. The molecule has 1 saturated carbocycles. The third kappa shape index (κ3) is 2.99. The lowest BCUT2D eigenvalue weighted by Crippen LogP contribution is -2.41. The fourth-order valence-corrected chi connectivity index (χ4v) is 2.51. The summed E-state index contributed by atoms with van der Waals surface area (Å²) < 4.78 is 5.16. The number of rotatable bonds is 4. The summed E-state index contributed by atoms with van der Waals surface area (Å²) in [6, 6.07) is 9.34. The molecular formula is C14H22N2O. The quantitative estimate of drug-likeness (QED) is 0.840. The van der Waals surface area contributed by atoms with Crippen LogP contribution in [0, 0.1) is 0 Å². The monoisotopic (exact) mass is 234 g/mol. The van der Waals surface area contributed by atoms with Gasteiger partial charge in [-0.1, -0.05) is 18.6 Å². The molecule has 1 aromatic rings. The van der Waals surface area contributed by atoms with Crippen molar-refractivity contribution in [2.75, 3.05) is 7.11 Å². The maximum absolute atomic E-state index is 6.07. The van der Waals surface area contributed by atoms with Crippen LogP contribution < -0.4 is 15.8 Å². The maximum Gasteiger partial charge on any atom is 0.118 e. The smallest absolute Gasteiger partial charge is 0.118 e. The Bertz CT molecular complexity index is 350. The van der Waals surface area contributed by atoms with Gasteiger partial charge < -0.3 is 15.8 Å². The minimum absolute atomic E-state index is 0.315. The van der Waals surface area contributed by atoms with Crippen molar-refractivity contribution in [1.82, 2.24) is 5.32 Å². The highest BCUT2D eigenvalue weighted by atomic mass is 16.5. The van der Waals surface area contributed by atoms with Crippen molar-refractivity contribution in [3.63, 3.8) is 0 Å². The van der Waals surface area contributed by atoms with Crippen molar-refractivity contribution in [1.29, 1.82) is 0 Å². The molecule has 0 bridgehead atoms. The Kier molecular flexibility index (Phi) is 4.02. The zero-order valence-electron chi connectivity index (χ0n) is 10.6. The van der Waals surface area contributed by atoms with Gasteiger partial charge in [-0.2, -0.15) is 0 Å². The van der Waals surface area contributed by atoms with Gasteiger partial charge >= 0.3 is 0 Å². The van der Waals surface area contributed by atoms with E-state index >= 15 is 0 Å². The van der Waals surface area contributed by atoms with E-state index in [1.807, 2.05) is 12.1 Å². The maximum atomic E-state index is 6.07. The first-order valence-electron chi connectivity index (χ1n) is 6.36. The molecule has 3 atom stereocenters. The molecule has 1 fully saturated rings. The Hall–Kier alpha value is -1.06. The average molecular weight is 234 g/mol. The summed E-state index contributed by atoms with van der Waals surface area (Å²) in [5, 5.41) is 3.62. The van der Waals surface area contributed by atoms with Gasteiger partial charge in [-0.15, -0.1) is 0 Å². The highest BCUT2D eigenvalue weighted by molar-refractivity contribution is 5.28. The van der Waals surface area contributed by atoms with Crippen molar-refractivity contribution in [2.24, 2.45) is 5.73 Å². The SMILES string of the molecule is COc1ccc([C@H](C)N[C@H]2CCC[C@H]2N)cc1. The molecule has 2 rings (SSSR count). The number of nitrogens with one attached hydrogen (secondary N) is 1. The lowest BCUT2D eigenvalue weighted by atomic mass is 10.1. The zero-order valence-corrected chi connectivity index (χ0v) is 10.6. The van der Waals surface area contributed by atoms with Crippen LogP contribution >= 0.6 is 0 Å². The molecule has 1 aromatic carbocycles. The summed E-state index contributed by atoms with van der Waals surface area (Å²) in [5.41, 5.74) is 7.35. The van der Waals surface area contributed by atoms with Crippen molar-refractivity contribution in [2.45, 2.75) is 44.3 Å². The number of methoxy groups -OCH3 is 1. The molecule has 0 spiro atoms. The van der Waals surface area contributed by atoms with Gasteiger partial charge in [0.05, 0.1) is 7.11 Å². The normalized spacial score (nSPS) is 25.8. The first-order valence-corrected chi connectivity index (χ1v) is 6.36. The van der Waals surface area contributed by atoms with E-state index in [9.17, 15) is 0 Å². The number of hydrogen-bond acceptors (Lipinski definition) is 3. The van der Waals surface area contributed by atoms with E-state index in [1.54, 1.807) is 7.11 Å². The average Bonchev–Trinajstić information content (AvgIpc) is 2.75. The van der Waals surface area contributed by atoms with Crippen LogP contribution in [0.4, 0.5) is 0 Å². The summed E-state index contributed by atoms with van der Waals surface area (Å²) >= 11 is 0. The van der Waals surface area contributed by atoms with Crippen molar-refractivity contribution in [3.8, 4) is 5.75 Å². The molecule has 3 heteroatoms. The molecule has 0 heterocycles. The van der Waals surface area contributed by atoms with Crippen molar-refractivity contribution in [3.05, 3.63) is 29.8 Å². The lowest BCUT2D eigenvalue weighted by molar-refractivity contribution is 0.412. The summed E-state index contributed by atoms with van der Waals surface area (Å²) in [5.74, 6) is 0.901. The van der Waals surface area contributed by atoms with E-state index in [2.05, 4.69) is 24.4 Å². The van der Waals surface area contributed by atoms with Crippen LogP contribution in [-0.4, -0.2) is 19.2 Å². The zero-order chi connectivity index (χ0) is 12.3. The van der Waals surface area contributed by atoms with Gasteiger partial charge in [0.2, 0.25) is 0 Å². The first-order chi connectivity index (χ1) is 8.20. The minimum Gasteiger partial charge on any atom is -0.497 e.